The molecule has 2 aromatic rings. The van der Waals surface area contributed by atoms with Crippen LogP contribution >= 0.6 is 0 Å². The molecule has 0 bridgehead atoms. The summed E-state index contributed by atoms with van der Waals surface area (Å²) in [6.45, 7) is 8.78. The second-order valence-electron chi connectivity index (χ2n) is 9.97. The quantitative estimate of drug-likeness (QED) is 0.561. The number of rotatable bonds is 8. The van der Waals surface area contributed by atoms with Gasteiger partial charge >= 0.3 is 5.97 Å². The summed E-state index contributed by atoms with van der Waals surface area (Å²) < 4.78 is 12.1. The fraction of sp³-hybridized carbons (Fsp3) is 0.556. The zero-order valence-electron chi connectivity index (χ0n) is 21.6. The highest BCUT2D eigenvalue weighted by atomic mass is 16.5. The molecular weight excluding hydrogens is 460 g/mol. The molecule has 1 aliphatic heterocycles. The van der Waals surface area contributed by atoms with Crippen molar-refractivity contribution < 1.29 is 23.9 Å². The summed E-state index contributed by atoms with van der Waals surface area (Å²) in [5, 5.41) is 7.53. The van der Waals surface area contributed by atoms with Crippen LogP contribution in [0.5, 0.6) is 5.75 Å². The monoisotopic (exact) mass is 496 g/mol. The number of carbonyl (C=O) groups is 3. The van der Waals surface area contributed by atoms with Gasteiger partial charge in [-0.05, 0) is 70.1 Å². The van der Waals surface area contributed by atoms with Crippen molar-refractivity contribution in [3.05, 3.63) is 47.3 Å². The van der Waals surface area contributed by atoms with Crippen LogP contribution in [0.15, 0.2) is 30.3 Å². The van der Waals surface area contributed by atoms with E-state index in [0.29, 0.717) is 12.5 Å². The van der Waals surface area contributed by atoms with E-state index in [2.05, 4.69) is 17.3 Å². The summed E-state index contributed by atoms with van der Waals surface area (Å²) in [6.07, 6.45) is 4.00. The van der Waals surface area contributed by atoms with Crippen molar-refractivity contribution in [2.45, 2.75) is 78.0 Å². The van der Waals surface area contributed by atoms with Crippen LogP contribution in [0.25, 0.3) is 0 Å². The van der Waals surface area contributed by atoms with Crippen molar-refractivity contribution in [2.75, 3.05) is 13.2 Å². The molecule has 1 aromatic carbocycles. The highest BCUT2D eigenvalue weighted by Crippen LogP contribution is 2.31. The third kappa shape index (κ3) is 5.24. The zero-order valence-corrected chi connectivity index (χ0v) is 21.6. The molecule has 0 spiro atoms. The second kappa shape index (κ2) is 10.7. The molecule has 9 heteroatoms. The van der Waals surface area contributed by atoms with Crippen LogP contribution in [0, 0.1) is 5.92 Å². The SMILES string of the molecule is CCOC(=O)c1cc2n(n1)C[C@@](C)(C(=O)NC1CCC(C)CC1)N(Cc1ccc(OCC)cc1)C2=O. The maximum atomic E-state index is 13.8. The molecule has 4 rings (SSSR count). The Morgan fingerprint density at radius 3 is 2.44 bits per heavy atom. The standard InChI is InChI=1S/C27H36N4O5/c1-5-35-21-13-9-19(10-14-21)16-30-24(32)23-15-22(25(33)36-6-2)29-31(23)17-27(30,4)26(34)28-20-11-7-18(3)8-12-20/h9-10,13-15,18,20H,5-8,11-12,16-17H2,1-4H3,(H,28,34)/t18?,20?,27-/m0/s1. The van der Waals surface area contributed by atoms with E-state index < -0.39 is 11.5 Å². The van der Waals surface area contributed by atoms with Gasteiger partial charge in [-0.3, -0.25) is 14.3 Å². The van der Waals surface area contributed by atoms with Crippen molar-refractivity contribution in [3.8, 4) is 5.75 Å². The largest absolute Gasteiger partial charge is 0.494 e. The highest BCUT2D eigenvalue weighted by molar-refractivity contribution is 6.01. The molecule has 2 amide bonds. The van der Waals surface area contributed by atoms with E-state index in [1.165, 1.54) is 10.7 Å². The van der Waals surface area contributed by atoms with Gasteiger partial charge in [0.2, 0.25) is 5.91 Å². The second-order valence-corrected chi connectivity index (χ2v) is 9.97. The number of aromatic nitrogens is 2. The van der Waals surface area contributed by atoms with Crippen LogP contribution in [-0.2, 0) is 22.6 Å². The molecule has 1 aromatic heterocycles. The molecular formula is C27H36N4O5. The van der Waals surface area contributed by atoms with Crippen molar-refractivity contribution in [1.29, 1.82) is 0 Å². The number of amides is 2. The third-order valence-electron chi connectivity index (χ3n) is 7.20. The van der Waals surface area contributed by atoms with E-state index in [0.717, 1.165) is 37.0 Å². The molecule has 0 saturated heterocycles. The first-order valence-electron chi connectivity index (χ1n) is 12.8. The van der Waals surface area contributed by atoms with Gasteiger partial charge in [0, 0.05) is 18.7 Å². The Hall–Kier alpha value is -3.36. The van der Waals surface area contributed by atoms with E-state index in [9.17, 15) is 14.4 Å². The zero-order chi connectivity index (χ0) is 25.9. The fourth-order valence-electron chi connectivity index (χ4n) is 4.98. The molecule has 0 radical (unpaired) electrons. The molecule has 1 atom stereocenters. The van der Waals surface area contributed by atoms with Gasteiger partial charge in [0.25, 0.3) is 5.91 Å². The van der Waals surface area contributed by atoms with Gasteiger partial charge in [-0.25, -0.2) is 4.79 Å². The van der Waals surface area contributed by atoms with E-state index in [-0.39, 0.29) is 48.9 Å². The number of esters is 1. The number of nitrogens with one attached hydrogen (secondary N) is 1. The molecule has 0 unspecified atom stereocenters. The maximum absolute atomic E-state index is 13.8. The van der Waals surface area contributed by atoms with Crippen LogP contribution in [0.4, 0.5) is 0 Å². The third-order valence-corrected chi connectivity index (χ3v) is 7.20. The average Bonchev–Trinajstić information content (AvgIpc) is 3.28. The molecule has 194 valence electrons. The summed E-state index contributed by atoms with van der Waals surface area (Å²) in [7, 11) is 0. The number of ether oxygens (including phenoxy) is 2. The molecule has 9 nitrogen and oxygen atoms in total. The lowest BCUT2D eigenvalue weighted by Crippen LogP contribution is -2.64. The predicted molar refractivity (Wildman–Crippen MR) is 134 cm³/mol. The topological polar surface area (TPSA) is 103 Å². The summed E-state index contributed by atoms with van der Waals surface area (Å²) in [6, 6.07) is 9.05. The van der Waals surface area contributed by atoms with Crippen LogP contribution in [0.1, 0.15) is 79.9 Å². The molecule has 2 aliphatic rings. The van der Waals surface area contributed by atoms with Crippen LogP contribution < -0.4 is 10.1 Å². The van der Waals surface area contributed by atoms with Crippen LogP contribution in [0.2, 0.25) is 0 Å². The lowest BCUT2D eigenvalue weighted by atomic mass is 9.86. The van der Waals surface area contributed by atoms with Crippen LogP contribution in [-0.4, -0.2) is 57.3 Å². The summed E-state index contributed by atoms with van der Waals surface area (Å²) in [5.74, 6) is 0.255. The van der Waals surface area contributed by atoms with Crippen LogP contribution in [0.3, 0.4) is 0 Å². The molecule has 1 aliphatic carbocycles. The number of carbonyl (C=O) groups excluding carboxylic acids is 3. The fourth-order valence-corrected chi connectivity index (χ4v) is 4.98. The van der Waals surface area contributed by atoms with E-state index in [1.807, 2.05) is 31.2 Å². The minimum Gasteiger partial charge on any atom is -0.494 e. The predicted octanol–water partition coefficient (Wildman–Crippen LogP) is 3.57. The van der Waals surface area contributed by atoms with Crippen molar-refractivity contribution in [1.82, 2.24) is 20.0 Å². The van der Waals surface area contributed by atoms with Gasteiger partial charge < -0.3 is 19.7 Å². The first-order chi connectivity index (χ1) is 17.2. The Kier molecular flexibility index (Phi) is 7.66. The molecule has 2 heterocycles. The molecule has 1 saturated carbocycles. The number of hydrogen-bond acceptors (Lipinski definition) is 6. The lowest BCUT2D eigenvalue weighted by Gasteiger charge is -2.44. The lowest BCUT2D eigenvalue weighted by molar-refractivity contribution is -0.134. The summed E-state index contributed by atoms with van der Waals surface area (Å²) >= 11 is 0. The smallest absolute Gasteiger partial charge is 0.358 e. The average molecular weight is 497 g/mol. The first kappa shape index (κ1) is 25.7. The number of benzene rings is 1. The first-order valence-corrected chi connectivity index (χ1v) is 12.8. The van der Waals surface area contributed by atoms with Gasteiger partial charge in [0.1, 0.15) is 17.0 Å². The van der Waals surface area contributed by atoms with Crippen molar-refractivity contribution in [2.24, 2.45) is 5.92 Å². The Bertz CT molecular complexity index is 1100. The Morgan fingerprint density at radius 2 is 1.81 bits per heavy atom. The van der Waals surface area contributed by atoms with Gasteiger partial charge in [0.15, 0.2) is 5.69 Å². The van der Waals surface area contributed by atoms with Gasteiger partial charge in [0.05, 0.1) is 19.8 Å². The van der Waals surface area contributed by atoms with Gasteiger partial charge in [-0.2, -0.15) is 5.10 Å². The molecule has 1 N–H and O–H groups in total. The Morgan fingerprint density at radius 1 is 1.11 bits per heavy atom. The Balaban J connectivity index is 1.64. The summed E-state index contributed by atoms with van der Waals surface area (Å²) in [5.41, 5.74) is 0.00718. The minimum atomic E-state index is -1.19. The van der Waals surface area contributed by atoms with Crippen molar-refractivity contribution in [3.63, 3.8) is 0 Å². The van der Waals surface area contributed by atoms with Crippen molar-refractivity contribution >= 4 is 17.8 Å². The molecule has 36 heavy (non-hydrogen) atoms. The van der Waals surface area contributed by atoms with E-state index in [1.54, 1.807) is 18.7 Å². The van der Waals surface area contributed by atoms with Gasteiger partial charge in [-0.1, -0.05) is 19.1 Å². The maximum Gasteiger partial charge on any atom is 0.358 e. The minimum absolute atomic E-state index is 0.0622. The van der Waals surface area contributed by atoms with E-state index in [4.69, 9.17) is 9.47 Å². The number of fused-ring (bicyclic) bond motifs is 1. The van der Waals surface area contributed by atoms with Gasteiger partial charge in [-0.15, -0.1) is 0 Å². The summed E-state index contributed by atoms with van der Waals surface area (Å²) in [4.78, 5) is 41.4. The number of nitrogens with zero attached hydrogens (tertiary/aromatic N) is 3. The van der Waals surface area contributed by atoms with E-state index >= 15 is 0 Å². The highest BCUT2D eigenvalue weighted by Gasteiger charge is 2.48. The number of hydrogen-bond donors (Lipinski definition) is 1. The normalized spacial score (nSPS) is 23.7. The Labute approximate surface area is 212 Å². The molecule has 1 fully saturated rings.